The topological polar surface area (TPSA) is 111 Å². The lowest BCUT2D eigenvalue weighted by atomic mass is 10.0. The average molecular weight is 1140 g/mol. The van der Waals surface area contributed by atoms with Crippen molar-refractivity contribution in [2.24, 2.45) is 0 Å². The standard InChI is InChI=1S/C73H121NO8/c1-6-8-10-12-14-16-18-20-22-24-25-26-27-28-29-30-31-32-33-34-35-36-37-38-39-40-41-42-43-44-45-46-47-48-50-52-54-56-58-60-62-64-71(76)82-69(68-81-73(72(77)78)79-66-65-74(3,4)5)67-80-70(75)63-61-59-57-55-53-51-49-23-21-19-17-15-13-11-9-7-2/h8,10,14,16-17,19-20,22-23,25-26,28-29,31-32,34-35,37-38,40-41,49,69,73H,6-7,9,11-13,15,18,21,24,27,30,33,36,39,42-48,50-68H2,1-5H3/b10-8-,16-14-,19-17-,22-20-,26-25-,29-28-,32-31-,35-34-,38-37-,41-40-,49-23-. The number of carboxylic acids is 1. The highest BCUT2D eigenvalue weighted by Gasteiger charge is 2.22. The molecule has 0 saturated carbocycles. The van der Waals surface area contributed by atoms with Crippen molar-refractivity contribution in [1.82, 2.24) is 0 Å². The Balaban J connectivity index is 4.11. The first kappa shape index (κ1) is 77.4. The number of carboxylic acid groups (broad SMARTS) is 1. The molecule has 0 fully saturated rings. The van der Waals surface area contributed by atoms with Crippen LogP contribution in [0.15, 0.2) is 134 Å². The summed E-state index contributed by atoms with van der Waals surface area (Å²) in [7, 11) is 5.91. The molecule has 9 nitrogen and oxygen atoms in total. The number of hydrogen-bond acceptors (Lipinski definition) is 8. The van der Waals surface area contributed by atoms with Crippen LogP contribution in [0.4, 0.5) is 0 Å². The van der Waals surface area contributed by atoms with Crippen LogP contribution in [-0.2, 0) is 33.3 Å². The number of likely N-dealkylation sites (N-methyl/N-ethyl adjacent to an activating group) is 1. The number of esters is 2. The number of quaternary nitrogens is 1. The van der Waals surface area contributed by atoms with Gasteiger partial charge in [-0.15, -0.1) is 0 Å². The third kappa shape index (κ3) is 63.0. The Kier molecular flexibility index (Phi) is 59.0. The number of allylic oxidation sites excluding steroid dienone is 22. The first-order valence-corrected chi connectivity index (χ1v) is 32.8. The van der Waals surface area contributed by atoms with E-state index in [1.165, 1.54) is 96.3 Å². The molecule has 0 rings (SSSR count). The fourth-order valence-corrected chi connectivity index (χ4v) is 8.62. The van der Waals surface area contributed by atoms with Crippen LogP contribution < -0.4 is 5.11 Å². The van der Waals surface area contributed by atoms with E-state index in [-0.39, 0.29) is 38.6 Å². The van der Waals surface area contributed by atoms with E-state index in [9.17, 15) is 19.5 Å². The predicted octanol–water partition coefficient (Wildman–Crippen LogP) is 18.8. The van der Waals surface area contributed by atoms with E-state index in [1.54, 1.807) is 0 Å². The zero-order valence-corrected chi connectivity index (χ0v) is 53.1. The Bertz CT molecular complexity index is 1810. The molecule has 0 saturated heterocycles. The summed E-state index contributed by atoms with van der Waals surface area (Å²) in [6.07, 6.45) is 86.6. The molecule has 0 aliphatic rings. The summed E-state index contributed by atoms with van der Waals surface area (Å²) in [4.78, 5) is 37.3. The van der Waals surface area contributed by atoms with Gasteiger partial charge in [0, 0.05) is 12.8 Å². The molecule has 0 aromatic carbocycles. The molecule has 0 spiro atoms. The molecule has 0 bridgehead atoms. The van der Waals surface area contributed by atoms with Gasteiger partial charge in [0.05, 0.1) is 40.3 Å². The molecule has 0 aliphatic heterocycles. The first-order chi connectivity index (χ1) is 40.1. The third-order valence-electron chi connectivity index (χ3n) is 13.6. The molecule has 0 aliphatic carbocycles. The normalized spacial score (nSPS) is 13.6. The van der Waals surface area contributed by atoms with Crippen molar-refractivity contribution >= 4 is 17.9 Å². The lowest BCUT2D eigenvalue weighted by molar-refractivity contribution is -0.870. The van der Waals surface area contributed by atoms with Gasteiger partial charge < -0.3 is 33.3 Å². The van der Waals surface area contributed by atoms with Crippen molar-refractivity contribution in [2.75, 3.05) is 47.5 Å². The highest BCUT2D eigenvalue weighted by Crippen LogP contribution is 2.15. The second-order valence-corrected chi connectivity index (χ2v) is 22.7. The van der Waals surface area contributed by atoms with E-state index in [0.29, 0.717) is 17.4 Å². The third-order valence-corrected chi connectivity index (χ3v) is 13.6. The Morgan fingerprint density at radius 1 is 0.378 bits per heavy atom. The SMILES string of the molecule is CC/C=C\C/C=C\C/C=C\C/C=C\C/C=C\C/C=C\C/C=C\C/C=C\C/C=C\CCCCCCCCCCCCCCCC(=O)OC(COC(=O)CCCCCCC/C=C\C/C=C\CCCCCC)COC(OCC[N+](C)(C)C)C(=O)[O-]. The van der Waals surface area contributed by atoms with Crippen LogP contribution in [-0.4, -0.2) is 82.3 Å². The summed E-state index contributed by atoms with van der Waals surface area (Å²) in [5.41, 5.74) is 0. The molecule has 466 valence electrons. The predicted molar refractivity (Wildman–Crippen MR) is 347 cm³/mol. The quantitative estimate of drug-likeness (QED) is 0.0195. The second-order valence-electron chi connectivity index (χ2n) is 22.7. The lowest BCUT2D eigenvalue weighted by Gasteiger charge is -2.26. The van der Waals surface area contributed by atoms with Crippen LogP contribution in [0.3, 0.4) is 0 Å². The molecule has 0 radical (unpaired) electrons. The smallest absolute Gasteiger partial charge is 0.306 e. The van der Waals surface area contributed by atoms with Gasteiger partial charge in [0.2, 0.25) is 0 Å². The van der Waals surface area contributed by atoms with Gasteiger partial charge in [0.1, 0.15) is 13.2 Å². The largest absolute Gasteiger partial charge is 0.545 e. The molecule has 82 heavy (non-hydrogen) atoms. The average Bonchev–Trinajstić information content (AvgIpc) is 3.45. The minimum atomic E-state index is -1.63. The maximum Gasteiger partial charge on any atom is 0.306 e. The van der Waals surface area contributed by atoms with Crippen LogP contribution in [0.25, 0.3) is 0 Å². The minimum Gasteiger partial charge on any atom is -0.545 e. The van der Waals surface area contributed by atoms with Crippen LogP contribution in [0.2, 0.25) is 0 Å². The van der Waals surface area contributed by atoms with Crippen molar-refractivity contribution < 1.29 is 42.9 Å². The van der Waals surface area contributed by atoms with E-state index in [0.717, 1.165) is 122 Å². The van der Waals surface area contributed by atoms with Crippen LogP contribution in [0.1, 0.15) is 251 Å². The van der Waals surface area contributed by atoms with Crippen LogP contribution in [0, 0.1) is 0 Å². The zero-order chi connectivity index (χ0) is 59.8. The summed E-state index contributed by atoms with van der Waals surface area (Å²) in [5, 5.41) is 11.8. The molecule has 0 heterocycles. The number of unbranched alkanes of at least 4 members (excludes halogenated alkanes) is 22. The Labute approximate surface area is 503 Å². The van der Waals surface area contributed by atoms with Gasteiger partial charge in [0.15, 0.2) is 12.4 Å². The molecule has 9 heteroatoms. The van der Waals surface area contributed by atoms with Gasteiger partial charge in [-0.3, -0.25) is 9.59 Å². The monoisotopic (exact) mass is 1140 g/mol. The zero-order valence-electron chi connectivity index (χ0n) is 53.1. The van der Waals surface area contributed by atoms with Gasteiger partial charge >= 0.3 is 11.9 Å². The van der Waals surface area contributed by atoms with Crippen molar-refractivity contribution in [1.29, 1.82) is 0 Å². The van der Waals surface area contributed by atoms with E-state index >= 15 is 0 Å². The van der Waals surface area contributed by atoms with Gasteiger partial charge in [-0.25, -0.2) is 0 Å². The van der Waals surface area contributed by atoms with Crippen molar-refractivity contribution in [3.63, 3.8) is 0 Å². The highest BCUT2D eigenvalue weighted by molar-refractivity contribution is 5.70. The number of aliphatic carboxylic acids is 1. The van der Waals surface area contributed by atoms with Crippen molar-refractivity contribution in [2.45, 2.75) is 264 Å². The molecular formula is C73H121NO8. The number of nitrogens with zero attached hydrogens (tertiary/aromatic N) is 1. The molecule has 0 amide bonds. The fourth-order valence-electron chi connectivity index (χ4n) is 8.62. The molecule has 0 aromatic rings. The highest BCUT2D eigenvalue weighted by atomic mass is 16.7. The van der Waals surface area contributed by atoms with Crippen molar-refractivity contribution in [3.8, 4) is 0 Å². The Morgan fingerprint density at radius 2 is 0.695 bits per heavy atom. The lowest BCUT2D eigenvalue weighted by Crippen LogP contribution is -2.44. The summed E-state index contributed by atoms with van der Waals surface area (Å²) in [6.45, 7) is 4.59. The van der Waals surface area contributed by atoms with E-state index in [2.05, 4.69) is 148 Å². The number of hydrogen-bond donors (Lipinski definition) is 0. The van der Waals surface area contributed by atoms with E-state index < -0.39 is 24.3 Å². The Morgan fingerprint density at radius 3 is 1.04 bits per heavy atom. The van der Waals surface area contributed by atoms with E-state index in [4.69, 9.17) is 18.9 Å². The van der Waals surface area contributed by atoms with E-state index in [1.807, 2.05) is 21.1 Å². The molecule has 0 aromatic heterocycles. The number of ether oxygens (including phenoxy) is 4. The van der Waals surface area contributed by atoms with Gasteiger partial charge in [-0.2, -0.15) is 0 Å². The van der Waals surface area contributed by atoms with Gasteiger partial charge in [-0.1, -0.05) is 257 Å². The summed E-state index contributed by atoms with van der Waals surface area (Å²) < 4.78 is 22.7. The molecule has 2 atom stereocenters. The maximum atomic E-state index is 12.9. The number of carbonyl (C=O) groups is 3. The summed E-state index contributed by atoms with van der Waals surface area (Å²) in [6, 6.07) is 0. The summed E-state index contributed by atoms with van der Waals surface area (Å²) >= 11 is 0. The van der Waals surface area contributed by atoms with Crippen molar-refractivity contribution in [3.05, 3.63) is 134 Å². The number of rotatable bonds is 59. The maximum absolute atomic E-state index is 12.9. The van der Waals surface area contributed by atoms with Crippen LogP contribution in [0.5, 0.6) is 0 Å². The summed E-state index contributed by atoms with van der Waals surface area (Å²) in [5.74, 6) is -2.31. The number of carbonyl (C=O) groups excluding carboxylic acids is 3. The van der Waals surface area contributed by atoms with Gasteiger partial charge in [0.25, 0.3) is 0 Å². The first-order valence-electron chi connectivity index (χ1n) is 32.8. The second kappa shape index (κ2) is 62.5. The molecular weight excluding hydrogens is 1020 g/mol. The molecule has 0 N–H and O–H groups in total. The molecule has 2 unspecified atom stereocenters. The fraction of sp³-hybridized carbons (Fsp3) is 0.658. The van der Waals surface area contributed by atoms with Crippen LogP contribution >= 0.6 is 0 Å². The minimum absolute atomic E-state index is 0.140. The van der Waals surface area contributed by atoms with Gasteiger partial charge in [-0.05, 0) is 116 Å². The Hall–Kier alpha value is -4.57.